The Hall–Kier alpha value is -0.790. The van der Waals surface area contributed by atoms with Gasteiger partial charge in [-0.25, -0.2) is 4.79 Å². The van der Waals surface area contributed by atoms with Gasteiger partial charge in [0.1, 0.15) is 0 Å². The Morgan fingerprint density at radius 2 is 1.81 bits per heavy atom. The fourth-order valence-electron chi connectivity index (χ4n) is 1.77. The molecule has 2 nitrogen and oxygen atoms in total. The van der Waals surface area contributed by atoms with Crippen LogP contribution in [-0.4, -0.2) is 12.6 Å². The van der Waals surface area contributed by atoms with E-state index in [0.717, 1.165) is 19.3 Å². The summed E-state index contributed by atoms with van der Waals surface area (Å²) in [5.74, 6) is -0.261. The van der Waals surface area contributed by atoms with Gasteiger partial charge in [-0.2, -0.15) is 0 Å². The summed E-state index contributed by atoms with van der Waals surface area (Å²) >= 11 is 0. The number of esters is 1. The standard InChI is InChI=1S/C14H26O2/c1-6-9-10-14(7-2,8-3)11-16-13(15)12(4)5/h4,6-11H2,1-3,5H3. The number of ether oxygens (including phenoxy) is 1. The first-order valence-electron chi connectivity index (χ1n) is 6.34. The number of unbranched alkanes of at least 4 members (excludes halogenated alkanes) is 1. The highest BCUT2D eigenvalue weighted by Gasteiger charge is 2.27. The van der Waals surface area contributed by atoms with Crippen LogP contribution in [0, 0.1) is 5.41 Å². The van der Waals surface area contributed by atoms with Crippen LogP contribution in [0.2, 0.25) is 0 Å². The van der Waals surface area contributed by atoms with Gasteiger partial charge in [0.05, 0.1) is 6.61 Å². The van der Waals surface area contributed by atoms with E-state index < -0.39 is 0 Å². The lowest BCUT2D eigenvalue weighted by atomic mass is 9.78. The molecular formula is C14H26O2. The van der Waals surface area contributed by atoms with Crippen molar-refractivity contribution in [2.24, 2.45) is 5.41 Å². The molecule has 0 N–H and O–H groups in total. The Labute approximate surface area is 100 Å². The van der Waals surface area contributed by atoms with Gasteiger partial charge in [-0.3, -0.25) is 0 Å². The van der Waals surface area contributed by atoms with Crippen LogP contribution in [0.15, 0.2) is 12.2 Å². The second-order valence-electron chi connectivity index (χ2n) is 4.67. The molecule has 0 saturated heterocycles. The molecule has 0 atom stereocenters. The van der Waals surface area contributed by atoms with Crippen LogP contribution in [0.1, 0.15) is 59.8 Å². The van der Waals surface area contributed by atoms with Crippen molar-refractivity contribution in [1.82, 2.24) is 0 Å². The minimum absolute atomic E-state index is 0.168. The van der Waals surface area contributed by atoms with Crippen molar-refractivity contribution in [2.75, 3.05) is 6.61 Å². The smallest absolute Gasteiger partial charge is 0.333 e. The van der Waals surface area contributed by atoms with Gasteiger partial charge in [0.2, 0.25) is 0 Å². The molecule has 0 spiro atoms. The monoisotopic (exact) mass is 226 g/mol. The third-order valence-electron chi connectivity index (χ3n) is 3.42. The largest absolute Gasteiger partial charge is 0.462 e. The third kappa shape index (κ3) is 4.82. The molecule has 94 valence electrons. The van der Waals surface area contributed by atoms with Crippen LogP contribution in [-0.2, 0) is 9.53 Å². The maximum Gasteiger partial charge on any atom is 0.333 e. The second kappa shape index (κ2) is 7.48. The average molecular weight is 226 g/mol. The predicted octanol–water partition coefficient (Wildman–Crippen LogP) is 4.10. The average Bonchev–Trinajstić information content (AvgIpc) is 2.29. The van der Waals surface area contributed by atoms with Gasteiger partial charge in [-0.1, -0.05) is 40.2 Å². The molecule has 0 aliphatic heterocycles. The summed E-state index contributed by atoms with van der Waals surface area (Å²) in [6, 6.07) is 0. The summed E-state index contributed by atoms with van der Waals surface area (Å²) in [6.45, 7) is 12.4. The van der Waals surface area contributed by atoms with Gasteiger partial charge in [0.15, 0.2) is 0 Å². The maximum atomic E-state index is 11.4. The molecular weight excluding hydrogens is 200 g/mol. The van der Waals surface area contributed by atoms with E-state index in [9.17, 15) is 4.79 Å². The summed E-state index contributed by atoms with van der Waals surface area (Å²) in [5, 5.41) is 0. The molecule has 0 aliphatic carbocycles. The molecule has 0 radical (unpaired) electrons. The molecule has 0 saturated carbocycles. The highest BCUT2D eigenvalue weighted by molar-refractivity contribution is 5.86. The summed E-state index contributed by atoms with van der Waals surface area (Å²) in [5.41, 5.74) is 0.651. The second-order valence-corrected chi connectivity index (χ2v) is 4.67. The maximum absolute atomic E-state index is 11.4. The van der Waals surface area contributed by atoms with E-state index in [-0.39, 0.29) is 11.4 Å². The molecule has 0 unspecified atom stereocenters. The van der Waals surface area contributed by atoms with E-state index in [4.69, 9.17) is 4.74 Å². The zero-order chi connectivity index (χ0) is 12.6. The van der Waals surface area contributed by atoms with E-state index in [1.807, 2.05) is 0 Å². The van der Waals surface area contributed by atoms with Crippen molar-refractivity contribution in [3.8, 4) is 0 Å². The number of carbonyl (C=O) groups is 1. The van der Waals surface area contributed by atoms with Crippen molar-refractivity contribution < 1.29 is 9.53 Å². The lowest BCUT2D eigenvalue weighted by Crippen LogP contribution is -2.27. The third-order valence-corrected chi connectivity index (χ3v) is 3.42. The summed E-state index contributed by atoms with van der Waals surface area (Å²) in [4.78, 5) is 11.4. The Balaban J connectivity index is 4.31. The first-order valence-corrected chi connectivity index (χ1v) is 6.34. The van der Waals surface area contributed by atoms with E-state index in [0.29, 0.717) is 12.2 Å². The molecule has 0 aromatic heterocycles. The molecule has 2 heteroatoms. The molecule has 16 heavy (non-hydrogen) atoms. The zero-order valence-corrected chi connectivity index (χ0v) is 11.3. The van der Waals surface area contributed by atoms with Gasteiger partial charge in [-0.15, -0.1) is 0 Å². The Morgan fingerprint density at radius 1 is 1.25 bits per heavy atom. The lowest BCUT2D eigenvalue weighted by molar-refractivity contribution is -0.143. The van der Waals surface area contributed by atoms with Gasteiger partial charge in [0, 0.05) is 11.0 Å². The minimum atomic E-state index is -0.261. The quantitative estimate of drug-likeness (QED) is 0.460. The first-order chi connectivity index (χ1) is 7.51. The first kappa shape index (κ1) is 15.2. The van der Waals surface area contributed by atoms with Gasteiger partial charge in [-0.05, 0) is 26.2 Å². The van der Waals surface area contributed by atoms with Crippen LogP contribution in [0.3, 0.4) is 0 Å². The lowest BCUT2D eigenvalue weighted by Gasteiger charge is -2.31. The van der Waals surface area contributed by atoms with E-state index >= 15 is 0 Å². The van der Waals surface area contributed by atoms with Crippen LogP contribution in [0.25, 0.3) is 0 Å². The van der Waals surface area contributed by atoms with Crippen LogP contribution in [0.5, 0.6) is 0 Å². The molecule has 0 aromatic carbocycles. The molecule has 0 amide bonds. The molecule has 0 heterocycles. The van der Waals surface area contributed by atoms with E-state index in [2.05, 4.69) is 27.4 Å². The van der Waals surface area contributed by atoms with Crippen LogP contribution >= 0.6 is 0 Å². The van der Waals surface area contributed by atoms with Crippen molar-refractivity contribution >= 4 is 5.97 Å². The highest BCUT2D eigenvalue weighted by atomic mass is 16.5. The molecule has 0 aliphatic rings. The summed E-state index contributed by atoms with van der Waals surface area (Å²) < 4.78 is 5.31. The fourth-order valence-corrected chi connectivity index (χ4v) is 1.77. The Bertz CT molecular complexity index is 227. The number of carbonyl (C=O) groups excluding carboxylic acids is 1. The molecule has 0 rings (SSSR count). The molecule has 0 aromatic rings. The highest BCUT2D eigenvalue weighted by Crippen LogP contribution is 2.33. The van der Waals surface area contributed by atoms with Gasteiger partial charge < -0.3 is 4.74 Å². The topological polar surface area (TPSA) is 26.3 Å². The normalized spacial score (nSPS) is 11.2. The molecule has 0 bridgehead atoms. The van der Waals surface area contributed by atoms with Crippen LogP contribution in [0.4, 0.5) is 0 Å². The van der Waals surface area contributed by atoms with E-state index in [1.54, 1.807) is 6.92 Å². The van der Waals surface area contributed by atoms with Gasteiger partial charge in [0.25, 0.3) is 0 Å². The summed E-state index contributed by atoms with van der Waals surface area (Å²) in [7, 11) is 0. The minimum Gasteiger partial charge on any atom is -0.462 e. The zero-order valence-electron chi connectivity index (χ0n) is 11.3. The summed E-state index contributed by atoms with van der Waals surface area (Å²) in [6.07, 6.45) is 5.66. The predicted molar refractivity (Wildman–Crippen MR) is 68.3 cm³/mol. The van der Waals surface area contributed by atoms with E-state index in [1.165, 1.54) is 12.8 Å². The fraction of sp³-hybridized carbons (Fsp3) is 0.786. The Kier molecular flexibility index (Phi) is 7.11. The van der Waals surface area contributed by atoms with Gasteiger partial charge >= 0.3 is 5.97 Å². The SMILES string of the molecule is C=C(C)C(=O)OCC(CC)(CC)CCCC. The van der Waals surface area contributed by atoms with Crippen molar-refractivity contribution in [2.45, 2.75) is 59.8 Å². The van der Waals surface area contributed by atoms with Crippen molar-refractivity contribution in [3.05, 3.63) is 12.2 Å². The van der Waals surface area contributed by atoms with Crippen molar-refractivity contribution in [3.63, 3.8) is 0 Å². The number of hydrogen-bond acceptors (Lipinski definition) is 2. The van der Waals surface area contributed by atoms with Crippen LogP contribution < -0.4 is 0 Å². The number of rotatable bonds is 8. The van der Waals surface area contributed by atoms with Crippen molar-refractivity contribution in [1.29, 1.82) is 0 Å². The Morgan fingerprint density at radius 3 is 2.19 bits per heavy atom. The molecule has 0 fully saturated rings. The number of hydrogen-bond donors (Lipinski definition) is 0.